The minimum absolute atomic E-state index is 0.113. The van der Waals surface area contributed by atoms with E-state index >= 15 is 0 Å². The lowest BCUT2D eigenvalue weighted by Gasteiger charge is -2.26. The molecule has 1 saturated heterocycles. The highest BCUT2D eigenvalue weighted by atomic mass is 32.2. The molecular formula is C15H17FN4OS. The van der Waals surface area contributed by atoms with E-state index in [0.29, 0.717) is 22.3 Å². The number of hydrogen-bond acceptors (Lipinski definition) is 4. The molecule has 0 aliphatic carbocycles. The predicted octanol–water partition coefficient (Wildman–Crippen LogP) is 2.72. The Balaban J connectivity index is 1.60. The van der Waals surface area contributed by atoms with Gasteiger partial charge in [0.1, 0.15) is 5.82 Å². The van der Waals surface area contributed by atoms with Gasteiger partial charge >= 0.3 is 0 Å². The smallest absolute Gasteiger partial charge is 0.233 e. The summed E-state index contributed by atoms with van der Waals surface area (Å²) in [5, 5.41) is 7.22. The molecule has 7 heteroatoms. The van der Waals surface area contributed by atoms with E-state index in [1.54, 1.807) is 18.2 Å². The molecule has 1 aromatic heterocycles. The van der Waals surface area contributed by atoms with Crippen molar-refractivity contribution >= 4 is 17.7 Å². The van der Waals surface area contributed by atoms with E-state index in [2.05, 4.69) is 15.2 Å². The number of nitrogens with one attached hydrogen (secondary N) is 1. The minimum atomic E-state index is -0.348. The minimum Gasteiger partial charge on any atom is -0.342 e. The van der Waals surface area contributed by atoms with Gasteiger partial charge in [0.15, 0.2) is 5.82 Å². The van der Waals surface area contributed by atoms with Crippen LogP contribution in [-0.4, -0.2) is 44.8 Å². The first kappa shape index (κ1) is 15.0. The lowest BCUT2D eigenvalue weighted by atomic mass is 10.1. The van der Waals surface area contributed by atoms with Crippen molar-refractivity contribution in [3.8, 4) is 11.4 Å². The fourth-order valence-corrected chi connectivity index (χ4v) is 3.15. The van der Waals surface area contributed by atoms with Crippen LogP contribution in [0, 0.1) is 5.82 Å². The molecule has 1 aliphatic rings. The summed E-state index contributed by atoms with van der Waals surface area (Å²) in [5.41, 5.74) is 0.379. The third-order valence-electron chi connectivity index (χ3n) is 3.63. The van der Waals surface area contributed by atoms with Gasteiger partial charge in [-0.15, -0.1) is 5.10 Å². The van der Waals surface area contributed by atoms with Gasteiger partial charge in [-0.1, -0.05) is 23.9 Å². The van der Waals surface area contributed by atoms with Gasteiger partial charge in [-0.05, 0) is 31.4 Å². The summed E-state index contributed by atoms with van der Waals surface area (Å²) >= 11 is 1.28. The summed E-state index contributed by atoms with van der Waals surface area (Å²) in [6, 6.07) is 6.39. The van der Waals surface area contributed by atoms with Crippen molar-refractivity contribution in [2.24, 2.45) is 0 Å². The molecular weight excluding hydrogens is 303 g/mol. The maximum absolute atomic E-state index is 13.7. The number of likely N-dealkylation sites (tertiary alicyclic amines) is 1. The number of piperidine rings is 1. The molecule has 1 aliphatic heterocycles. The summed E-state index contributed by atoms with van der Waals surface area (Å²) in [6.07, 6.45) is 3.35. The highest BCUT2D eigenvalue weighted by Gasteiger charge is 2.17. The molecule has 1 aromatic carbocycles. The molecule has 0 spiro atoms. The molecule has 2 aromatic rings. The number of benzene rings is 1. The van der Waals surface area contributed by atoms with E-state index in [0.717, 1.165) is 25.9 Å². The summed E-state index contributed by atoms with van der Waals surface area (Å²) in [5.74, 6) is 0.460. The number of aromatic nitrogens is 3. The van der Waals surface area contributed by atoms with Crippen LogP contribution in [0.5, 0.6) is 0 Å². The highest BCUT2D eigenvalue weighted by Crippen LogP contribution is 2.22. The van der Waals surface area contributed by atoms with Crippen LogP contribution in [-0.2, 0) is 4.79 Å². The summed E-state index contributed by atoms with van der Waals surface area (Å²) in [4.78, 5) is 18.2. The summed E-state index contributed by atoms with van der Waals surface area (Å²) in [7, 11) is 0. The first-order chi connectivity index (χ1) is 10.7. The summed E-state index contributed by atoms with van der Waals surface area (Å²) in [6.45, 7) is 1.68. The van der Waals surface area contributed by atoms with Crippen LogP contribution >= 0.6 is 11.8 Å². The van der Waals surface area contributed by atoms with Crippen LogP contribution in [0.25, 0.3) is 11.4 Å². The van der Waals surface area contributed by atoms with Crippen LogP contribution < -0.4 is 0 Å². The normalized spacial score (nSPS) is 15.0. The van der Waals surface area contributed by atoms with Crippen molar-refractivity contribution in [2.75, 3.05) is 18.8 Å². The molecule has 5 nitrogen and oxygen atoms in total. The van der Waals surface area contributed by atoms with Gasteiger partial charge in [-0.25, -0.2) is 9.37 Å². The number of carbonyl (C=O) groups is 1. The second-order valence-electron chi connectivity index (χ2n) is 5.18. The average molecular weight is 320 g/mol. The average Bonchev–Trinajstić information content (AvgIpc) is 3.02. The Kier molecular flexibility index (Phi) is 4.72. The van der Waals surface area contributed by atoms with E-state index in [1.807, 2.05) is 4.90 Å². The van der Waals surface area contributed by atoms with E-state index in [1.165, 1.54) is 24.2 Å². The number of amides is 1. The number of carbonyl (C=O) groups excluding carboxylic acids is 1. The molecule has 22 heavy (non-hydrogen) atoms. The Morgan fingerprint density at radius 2 is 2.05 bits per heavy atom. The molecule has 0 saturated carbocycles. The van der Waals surface area contributed by atoms with Gasteiger partial charge < -0.3 is 4.90 Å². The largest absolute Gasteiger partial charge is 0.342 e. The Bertz CT molecular complexity index is 654. The third kappa shape index (κ3) is 3.47. The van der Waals surface area contributed by atoms with Crippen LogP contribution in [0.2, 0.25) is 0 Å². The molecule has 2 heterocycles. The molecule has 1 amide bonds. The van der Waals surface area contributed by atoms with Gasteiger partial charge in [0, 0.05) is 13.1 Å². The van der Waals surface area contributed by atoms with E-state index in [-0.39, 0.29) is 11.7 Å². The van der Waals surface area contributed by atoms with Crippen LogP contribution in [0.4, 0.5) is 4.39 Å². The van der Waals surface area contributed by atoms with E-state index in [9.17, 15) is 9.18 Å². The Morgan fingerprint density at radius 3 is 2.82 bits per heavy atom. The molecule has 0 bridgehead atoms. The molecule has 1 N–H and O–H groups in total. The van der Waals surface area contributed by atoms with Gasteiger partial charge in [-0.2, -0.15) is 0 Å². The van der Waals surface area contributed by atoms with Crippen LogP contribution in [0.1, 0.15) is 19.3 Å². The second-order valence-corrected chi connectivity index (χ2v) is 6.12. The summed E-state index contributed by atoms with van der Waals surface area (Å²) < 4.78 is 13.7. The maximum Gasteiger partial charge on any atom is 0.233 e. The lowest BCUT2D eigenvalue weighted by Crippen LogP contribution is -2.36. The number of aromatic amines is 1. The van der Waals surface area contributed by atoms with Crippen molar-refractivity contribution in [2.45, 2.75) is 24.4 Å². The zero-order valence-electron chi connectivity index (χ0n) is 12.1. The Hall–Kier alpha value is -1.89. The lowest BCUT2D eigenvalue weighted by molar-refractivity contribution is -0.129. The number of nitrogens with zero attached hydrogens (tertiary/aromatic N) is 3. The number of thioether (sulfide) groups is 1. The van der Waals surface area contributed by atoms with Crippen LogP contribution in [0.3, 0.4) is 0 Å². The van der Waals surface area contributed by atoms with Gasteiger partial charge in [-0.3, -0.25) is 9.89 Å². The molecule has 116 valence electrons. The fraction of sp³-hybridized carbons (Fsp3) is 0.400. The van der Waals surface area contributed by atoms with Crippen molar-refractivity contribution < 1.29 is 9.18 Å². The van der Waals surface area contributed by atoms with Gasteiger partial charge in [0.2, 0.25) is 11.1 Å². The van der Waals surface area contributed by atoms with E-state index in [4.69, 9.17) is 0 Å². The van der Waals surface area contributed by atoms with Crippen molar-refractivity contribution in [1.29, 1.82) is 0 Å². The predicted molar refractivity (Wildman–Crippen MR) is 82.9 cm³/mol. The first-order valence-electron chi connectivity index (χ1n) is 7.32. The SMILES string of the molecule is O=C(CSc1n[nH]c(-c2ccccc2F)n1)N1CCCCC1. The zero-order valence-corrected chi connectivity index (χ0v) is 12.9. The molecule has 0 radical (unpaired) electrons. The molecule has 0 unspecified atom stereocenters. The zero-order chi connectivity index (χ0) is 15.4. The van der Waals surface area contributed by atoms with Crippen molar-refractivity contribution in [3.63, 3.8) is 0 Å². The van der Waals surface area contributed by atoms with Gasteiger partial charge in [0.05, 0.1) is 11.3 Å². The van der Waals surface area contributed by atoms with E-state index < -0.39 is 0 Å². The third-order valence-corrected chi connectivity index (χ3v) is 4.46. The second kappa shape index (κ2) is 6.91. The van der Waals surface area contributed by atoms with Crippen molar-refractivity contribution in [1.82, 2.24) is 20.1 Å². The van der Waals surface area contributed by atoms with Gasteiger partial charge in [0.25, 0.3) is 0 Å². The number of hydrogen-bond donors (Lipinski definition) is 1. The Morgan fingerprint density at radius 1 is 1.27 bits per heavy atom. The van der Waals surface area contributed by atoms with Crippen molar-refractivity contribution in [3.05, 3.63) is 30.1 Å². The first-order valence-corrected chi connectivity index (χ1v) is 8.30. The maximum atomic E-state index is 13.7. The monoisotopic (exact) mass is 320 g/mol. The Labute approximate surface area is 132 Å². The standard InChI is InChI=1S/C15H17FN4OS/c16-12-7-3-2-6-11(12)14-17-15(19-18-14)22-10-13(21)20-8-4-1-5-9-20/h2-3,6-7H,1,4-5,8-10H2,(H,17,18,19). The molecule has 3 rings (SSSR count). The fourth-order valence-electron chi connectivity index (χ4n) is 2.45. The van der Waals surface area contributed by atoms with Crippen LogP contribution in [0.15, 0.2) is 29.4 Å². The number of rotatable bonds is 4. The molecule has 1 fully saturated rings. The quantitative estimate of drug-likeness (QED) is 0.880. The molecule has 0 atom stereocenters. The number of H-pyrrole nitrogens is 1. The number of halogens is 1. The highest BCUT2D eigenvalue weighted by molar-refractivity contribution is 7.99. The topological polar surface area (TPSA) is 61.9 Å².